The third-order valence-electron chi connectivity index (χ3n) is 5.61. The number of aryl methyl sites for hydroxylation is 1. The number of hydrazone groups is 1. The Morgan fingerprint density at radius 1 is 1.04 bits per heavy atom. The van der Waals surface area contributed by atoms with Gasteiger partial charge in [0.1, 0.15) is 5.75 Å². The van der Waals surface area contributed by atoms with Gasteiger partial charge >= 0.3 is 6.61 Å². The Morgan fingerprint density at radius 2 is 1.75 bits per heavy atom. The molecular formula is C22H25F2N2O2+. The number of hydrazine groups is 1. The second kappa shape index (κ2) is 7.51. The standard InChI is InChI=1S/C22H25F2N2O2/c1-16-5-7-17(8-6-16)20-15-22(27,26-14-4-2-3-13-25(20)26)18-9-11-19(12-10-18)28-21(23)24/h5-12,21,27H,2-4,13-15H2,1H3/q+1. The summed E-state index contributed by atoms with van der Waals surface area (Å²) in [6, 6.07) is 14.7. The Morgan fingerprint density at radius 3 is 2.43 bits per heavy atom. The van der Waals surface area contributed by atoms with Gasteiger partial charge in [0.25, 0.3) is 0 Å². The van der Waals surface area contributed by atoms with Crippen LogP contribution in [-0.4, -0.2) is 40.2 Å². The van der Waals surface area contributed by atoms with Crippen molar-refractivity contribution in [3.05, 3.63) is 65.2 Å². The van der Waals surface area contributed by atoms with Crippen LogP contribution in [-0.2, 0) is 5.72 Å². The van der Waals surface area contributed by atoms with Crippen LogP contribution >= 0.6 is 0 Å². The van der Waals surface area contributed by atoms with E-state index in [0.29, 0.717) is 12.0 Å². The van der Waals surface area contributed by atoms with E-state index in [2.05, 4.69) is 40.6 Å². The second-order valence-electron chi connectivity index (χ2n) is 7.52. The van der Waals surface area contributed by atoms with E-state index in [1.54, 1.807) is 12.1 Å². The predicted octanol–water partition coefficient (Wildman–Crippen LogP) is 4.05. The minimum absolute atomic E-state index is 0.0933. The maximum atomic E-state index is 12.4. The third kappa shape index (κ3) is 3.49. The molecule has 6 heteroatoms. The molecule has 2 heterocycles. The summed E-state index contributed by atoms with van der Waals surface area (Å²) in [5.74, 6) is 0.0933. The van der Waals surface area contributed by atoms with Crippen molar-refractivity contribution in [1.82, 2.24) is 5.01 Å². The van der Waals surface area contributed by atoms with Crippen molar-refractivity contribution in [3.8, 4) is 5.75 Å². The Bertz CT molecular complexity index is 865. The molecule has 2 aromatic carbocycles. The van der Waals surface area contributed by atoms with E-state index in [0.717, 1.165) is 43.6 Å². The molecule has 148 valence electrons. The molecule has 0 aromatic heterocycles. The number of hydrogen-bond donors (Lipinski definition) is 1. The monoisotopic (exact) mass is 387 g/mol. The van der Waals surface area contributed by atoms with E-state index in [9.17, 15) is 13.9 Å². The number of fused-ring (bicyclic) bond motifs is 1. The van der Waals surface area contributed by atoms with Crippen LogP contribution in [0.2, 0.25) is 0 Å². The number of benzene rings is 2. The largest absolute Gasteiger partial charge is 0.435 e. The summed E-state index contributed by atoms with van der Waals surface area (Å²) in [5.41, 5.74) is 2.87. The molecule has 0 radical (unpaired) electrons. The van der Waals surface area contributed by atoms with Gasteiger partial charge in [0.2, 0.25) is 11.4 Å². The fourth-order valence-corrected chi connectivity index (χ4v) is 4.17. The van der Waals surface area contributed by atoms with Gasteiger partial charge in [0.05, 0.1) is 13.0 Å². The molecule has 1 fully saturated rings. The number of aliphatic hydroxyl groups is 1. The minimum Gasteiger partial charge on any atom is -0.435 e. The van der Waals surface area contributed by atoms with Gasteiger partial charge in [-0.25, -0.2) is 0 Å². The molecule has 2 aliphatic heterocycles. The van der Waals surface area contributed by atoms with Gasteiger partial charge in [0.15, 0.2) is 6.54 Å². The van der Waals surface area contributed by atoms with E-state index in [1.165, 1.54) is 17.7 Å². The fraction of sp³-hybridized carbons (Fsp3) is 0.409. The fourth-order valence-electron chi connectivity index (χ4n) is 4.17. The van der Waals surface area contributed by atoms with Crippen LogP contribution in [0.5, 0.6) is 5.75 Å². The first-order valence-electron chi connectivity index (χ1n) is 9.73. The highest BCUT2D eigenvalue weighted by Gasteiger charge is 2.52. The molecule has 2 aromatic rings. The molecule has 4 rings (SSSR count). The lowest BCUT2D eigenvalue weighted by atomic mass is 9.94. The second-order valence-corrected chi connectivity index (χ2v) is 7.52. The van der Waals surface area contributed by atoms with Crippen LogP contribution in [0.15, 0.2) is 48.5 Å². The molecule has 1 saturated heterocycles. The van der Waals surface area contributed by atoms with Crippen molar-refractivity contribution in [3.63, 3.8) is 0 Å². The average Bonchev–Trinajstić information content (AvgIpc) is 2.83. The van der Waals surface area contributed by atoms with Crippen LogP contribution in [0.3, 0.4) is 0 Å². The maximum absolute atomic E-state index is 12.4. The minimum atomic E-state index is -2.86. The lowest BCUT2D eigenvalue weighted by Gasteiger charge is -2.30. The van der Waals surface area contributed by atoms with Gasteiger partial charge in [-0.15, -0.1) is 9.69 Å². The zero-order valence-electron chi connectivity index (χ0n) is 15.9. The highest BCUT2D eigenvalue weighted by atomic mass is 19.3. The summed E-state index contributed by atoms with van der Waals surface area (Å²) >= 11 is 0. The SMILES string of the molecule is Cc1ccc(C2=[N+]3CCCCCN3C(O)(c3ccc(OC(F)F)cc3)C2)cc1. The quantitative estimate of drug-likeness (QED) is 0.804. The summed E-state index contributed by atoms with van der Waals surface area (Å²) in [5, 5.41) is 13.8. The van der Waals surface area contributed by atoms with Gasteiger partial charge in [0, 0.05) is 17.5 Å². The molecule has 0 amide bonds. The lowest BCUT2D eigenvalue weighted by molar-refractivity contribution is -0.706. The zero-order chi connectivity index (χ0) is 19.7. The number of hydrogen-bond acceptors (Lipinski definition) is 3. The summed E-state index contributed by atoms with van der Waals surface area (Å²) in [7, 11) is 0. The van der Waals surface area contributed by atoms with Crippen molar-refractivity contribution in [2.75, 3.05) is 13.1 Å². The highest BCUT2D eigenvalue weighted by Crippen LogP contribution is 2.38. The molecule has 1 N–H and O–H groups in total. The number of nitrogens with zero attached hydrogens (tertiary/aromatic N) is 2. The van der Waals surface area contributed by atoms with E-state index < -0.39 is 12.3 Å². The van der Waals surface area contributed by atoms with Gasteiger partial charge in [-0.05, 0) is 44.0 Å². The van der Waals surface area contributed by atoms with Crippen molar-refractivity contribution in [1.29, 1.82) is 0 Å². The first-order chi connectivity index (χ1) is 13.5. The molecule has 4 nitrogen and oxygen atoms in total. The van der Waals surface area contributed by atoms with Gasteiger partial charge in [-0.3, -0.25) is 0 Å². The molecule has 0 bridgehead atoms. The Hall–Kier alpha value is -2.47. The topological polar surface area (TPSA) is 35.7 Å². The molecule has 0 spiro atoms. The Balaban J connectivity index is 1.71. The Kier molecular flexibility index (Phi) is 5.06. The van der Waals surface area contributed by atoms with Crippen LogP contribution < -0.4 is 4.74 Å². The predicted molar refractivity (Wildman–Crippen MR) is 103 cm³/mol. The van der Waals surface area contributed by atoms with Crippen LogP contribution in [0, 0.1) is 6.92 Å². The number of halogens is 2. The molecule has 1 unspecified atom stereocenters. The Labute approximate surface area is 163 Å². The third-order valence-corrected chi connectivity index (χ3v) is 5.61. The highest BCUT2D eigenvalue weighted by molar-refractivity contribution is 5.98. The normalized spacial score (nSPS) is 22.4. The van der Waals surface area contributed by atoms with Gasteiger partial charge in [-0.1, -0.05) is 29.8 Å². The van der Waals surface area contributed by atoms with E-state index in [-0.39, 0.29) is 5.75 Å². The van der Waals surface area contributed by atoms with Crippen LogP contribution in [0.1, 0.15) is 42.4 Å². The van der Waals surface area contributed by atoms with Gasteiger partial charge < -0.3 is 9.84 Å². The number of ether oxygens (including phenoxy) is 1. The van der Waals surface area contributed by atoms with Crippen molar-refractivity contribution in [2.45, 2.75) is 44.9 Å². The number of rotatable bonds is 4. The average molecular weight is 387 g/mol. The zero-order valence-corrected chi connectivity index (χ0v) is 15.9. The lowest BCUT2D eigenvalue weighted by Crippen LogP contribution is -2.46. The maximum Gasteiger partial charge on any atom is 0.387 e. The van der Waals surface area contributed by atoms with Crippen LogP contribution in [0.4, 0.5) is 8.78 Å². The van der Waals surface area contributed by atoms with E-state index in [1.807, 2.05) is 5.01 Å². The molecular weight excluding hydrogens is 362 g/mol. The summed E-state index contributed by atoms with van der Waals surface area (Å²) in [6.45, 7) is 0.808. The van der Waals surface area contributed by atoms with E-state index in [4.69, 9.17) is 0 Å². The summed E-state index contributed by atoms with van der Waals surface area (Å²) in [4.78, 5) is 0. The van der Waals surface area contributed by atoms with Crippen molar-refractivity contribution >= 4 is 5.71 Å². The molecule has 0 aliphatic carbocycles. The van der Waals surface area contributed by atoms with Crippen molar-refractivity contribution < 1.29 is 23.3 Å². The molecule has 1 atom stereocenters. The smallest absolute Gasteiger partial charge is 0.387 e. The first-order valence-corrected chi connectivity index (χ1v) is 9.73. The first kappa shape index (κ1) is 18.9. The number of alkyl halides is 2. The van der Waals surface area contributed by atoms with Gasteiger partial charge in [-0.2, -0.15) is 8.78 Å². The van der Waals surface area contributed by atoms with E-state index >= 15 is 0 Å². The molecule has 0 saturated carbocycles. The summed E-state index contributed by atoms with van der Waals surface area (Å²) in [6.07, 6.45) is 3.65. The van der Waals surface area contributed by atoms with Crippen LogP contribution in [0.25, 0.3) is 0 Å². The molecule has 28 heavy (non-hydrogen) atoms. The summed E-state index contributed by atoms with van der Waals surface area (Å²) < 4.78 is 31.5. The molecule has 2 aliphatic rings. The van der Waals surface area contributed by atoms with Crippen molar-refractivity contribution in [2.24, 2.45) is 0 Å².